The zero-order valence-electron chi connectivity index (χ0n) is 18.1. The maximum atomic E-state index is 13.4. The number of sulfone groups is 1. The third-order valence-corrected chi connectivity index (χ3v) is 7.38. The molecule has 2 N–H and O–H groups in total. The molecule has 0 atom stereocenters. The highest BCUT2D eigenvalue weighted by molar-refractivity contribution is 7.91. The Balaban J connectivity index is 1.37. The molecular weight excluding hydrogens is 439 g/mol. The minimum absolute atomic E-state index is 0.0194. The highest BCUT2D eigenvalue weighted by Gasteiger charge is 2.16. The van der Waals surface area contributed by atoms with Gasteiger partial charge in [-0.15, -0.1) is 0 Å². The molecule has 33 heavy (non-hydrogen) atoms. The van der Waals surface area contributed by atoms with Crippen LogP contribution >= 0.6 is 0 Å². The molecule has 4 rings (SSSR count). The molecule has 0 aliphatic carbocycles. The molecule has 0 aliphatic heterocycles. The molecule has 1 aromatic heterocycles. The standard InChI is InChI=1S/C26H25FN2O3S/c27-20-13-11-19(12-14-20)26-23(22-9-4-5-10-24(22)29-26)15-16-25(30)28-17-6-18-33(31,32)21-7-2-1-3-8-21/h1-5,7-14,29H,6,15-18H2,(H,28,30). The number of hydrogen-bond donors (Lipinski definition) is 2. The molecule has 1 amide bonds. The van der Waals surface area contributed by atoms with E-state index >= 15 is 0 Å². The van der Waals surface area contributed by atoms with Crippen LogP contribution in [0.5, 0.6) is 0 Å². The van der Waals surface area contributed by atoms with Crippen molar-refractivity contribution in [3.63, 3.8) is 0 Å². The van der Waals surface area contributed by atoms with Gasteiger partial charge in [0.05, 0.1) is 10.6 Å². The number of H-pyrrole nitrogens is 1. The number of carbonyl (C=O) groups is 1. The number of hydrogen-bond acceptors (Lipinski definition) is 3. The maximum absolute atomic E-state index is 13.4. The summed E-state index contributed by atoms with van der Waals surface area (Å²) in [7, 11) is -3.35. The second kappa shape index (κ2) is 10.0. The van der Waals surface area contributed by atoms with Crippen molar-refractivity contribution in [1.82, 2.24) is 10.3 Å². The summed E-state index contributed by atoms with van der Waals surface area (Å²) in [6, 6.07) is 22.4. The molecule has 0 fully saturated rings. The van der Waals surface area contributed by atoms with E-state index in [1.165, 1.54) is 12.1 Å². The van der Waals surface area contributed by atoms with E-state index in [2.05, 4.69) is 10.3 Å². The first-order valence-electron chi connectivity index (χ1n) is 10.8. The summed E-state index contributed by atoms with van der Waals surface area (Å²) < 4.78 is 38.1. The molecule has 0 unspecified atom stereocenters. The summed E-state index contributed by atoms with van der Waals surface area (Å²) in [6.07, 6.45) is 1.11. The number of nitrogens with one attached hydrogen (secondary N) is 2. The van der Waals surface area contributed by atoms with E-state index in [1.54, 1.807) is 42.5 Å². The Morgan fingerprint density at radius 3 is 2.36 bits per heavy atom. The summed E-state index contributed by atoms with van der Waals surface area (Å²) in [5.41, 5.74) is 3.68. The van der Waals surface area contributed by atoms with Crippen LogP contribution in [0.1, 0.15) is 18.4 Å². The molecule has 0 saturated carbocycles. The number of benzene rings is 3. The molecular formula is C26H25FN2O3S. The van der Waals surface area contributed by atoms with E-state index in [0.717, 1.165) is 27.7 Å². The number of halogens is 1. The zero-order valence-corrected chi connectivity index (χ0v) is 18.9. The van der Waals surface area contributed by atoms with Crippen molar-refractivity contribution >= 4 is 26.6 Å². The largest absolute Gasteiger partial charge is 0.356 e. The predicted molar refractivity (Wildman–Crippen MR) is 128 cm³/mol. The SMILES string of the molecule is O=C(CCc1c(-c2ccc(F)cc2)[nH]c2ccccc12)NCCCS(=O)(=O)c1ccccc1. The third kappa shape index (κ3) is 5.49. The molecule has 4 aromatic rings. The number of amides is 1. The van der Waals surface area contributed by atoms with Crippen LogP contribution in [0, 0.1) is 5.82 Å². The van der Waals surface area contributed by atoms with Gasteiger partial charge in [0.15, 0.2) is 9.84 Å². The van der Waals surface area contributed by atoms with E-state index in [1.807, 2.05) is 24.3 Å². The van der Waals surface area contributed by atoms with Gasteiger partial charge in [-0.2, -0.15) is 0 Å². The van der Waals surface area contributed by atoms with E-state index in [0.29, 0.717) is 24.3 Å². The van der Waals surface area contributed by atoms with Gasteiger partial charge in [0, 0.05) is 29.6 Å². The number of fused-ring (bicyclic) bond motifs is 1. The molecule has 7 heteroatoms. The van der Waals surface area contributed by atoms with Gasteiger partial charge in [0.1, 0.15) is 5.82 Å². The van der Waals surface area contributed by atoms with Crippen molar-refractivity contribution in [3.8, 4) is 11.3 Å². The number of carbonyl (C=O) groups excluding carboxylic acids is 1. The van der Waals surface area contributed by atoms with Gasteiger partial charge in [-0.1, -0.05) is 36.4 Å². The lowest BCUT2D eigenvalue weighted by Gasteiger charge is -2.08. The number of aromatic amines is 1. The van der Waals surface area contributed by atoms with Crippen LogP contribution in [0.25, 0.3) is 22.2 Å². The summed E-state index contributed by atoms with van der Waals surface area (Å²) in [5.74, 6) is -0.457. The maximum Gasteiger partial charge on any atom is 0.220 e. The lowest BCUT2D eigenvalue weighted by molar-refractivity contribution is -0.121. The van der Waals surface area contributed by atoms with E-state index < -0.39 is 9.84 Å². The molecule has 0 bridgehead atoms. The van der Waals surface area contributed by atoms with Crippen LogP contribution < -0.4 is 5.32 Å². The highest BCUT2D eigenvalue weighted by atomic mass is 32.2. The number of para-hydroxylation sites is 1. The average Bonchev–Trinajstić information content (AvgIpc) is 3.20. The van der Waals surface area contributed by atoms with Crippen molar-refractivity contribution < 1.29 is 17.6 Å². The van der Waals surface area contributed by atoms with Crippen LogP contribution in [0.4, 0.5) is 4.39 Å². The minimum atomic E-state index is -3.35. The first-order valence-corrected chi connectivity index (χ1v) is 12.5. The average molecular weight is 465 g/mol. The van der Waals surface area contributed by atoms with Crippen LogP contribution in [-0.4, -0.2) is 31.6 Å². The monoisotopic (exact) mass is 464 g/mol. The van der Waals surface area contributed by atoms with Crippen LogP contribution in [0.15, 0.2) is 83.8 Å². The lowest BCUT2D eigenvalue weighted by atomic mass is 10.0. The fourth-order valence-corrected chi connectivity index (χ4v) is 5.22. The fraction of sp³-hybridized carbons (Fsp3) is 0.192. The van der Waals surface area contributed by atoms with Crippen molar-refractivity contribution in [1.29, 1.82) is 0 Å². The summed E-state index contributed by atoms with van der Waals surface area (Å²) in [6.45, 7) is 0.295. The molecule has 0 spiro atoms. The zero-order chi connectivity index (χ0) is 23.3. The molecule has 0 aliphatic rings. The summed E-state index contributed by atoms with van der Waals surface area (Å²) in [4.78, 5) is 16.1. The van der Waals surface area contributed by atoms with Crippen molar-refractivity contribution in [3.05, 3.63) is 90.2 Å². The minimum Gasteiger partial charge on any atom is -0.356 e. The molecule has 0 radical (unpaired) electrons. The van der Waals surface area contributed by atoms with E-state index in [4.69, 9.17) is 0 Å². The molecule has 0 saturated heterocycles. The van der Waals surface area contributed by atoms with Crippen molar-refractivity contribution in [2.45, 2.75) is 24.2 Å². The molecule has 3 aromatic carbocycles. The number of aryl methyl sites for hydroxylation is 1. The van der Waals surface area contributed by atoms with Gasteiger partial charge in [-0.25, -0.2) is 12.8 Å². The Morgan fingerprint density at radius 1 is 0.909 bits per heavy atom. The van der Waals surface area contributed by atoms with Crippen LogP contribution in [0.2, 0.25) is 0 Å². The Labute approximate surface area is 192 Å². The third-order valence-electron chi connectivity index (χ3n) is 5.56. The molecule has 5 nitrogen and oxygen atoms in total. The van der Waals surface area contributed by atoms with E-state index in [-0.39, 0.29) is 23.9 Å². The second-order valence-corrected chi connectivity index (χ2v) is 9.98. The predicted octanol–water partition coefficient (Wildman–Crippen LogP) is 4.89. The fourth-order valence-electron chi connectivity index (χ4n) is 3.89. The van der Waals surface area contributed by atoms with Gasteiger partial charge in [-0.3, -0.25) is 4.79 Å². The number of aromatic nitrogens is 1. The first-order chi connectivity index (χ1) is 15.9. The van der Waals surface area contributed by atoms with Crippen molar-refractivity contribution in [2.24, 2.45) is 0 Å². The van der Waals surface area contributed by atoms with Gasteiger partial charge in [-0.05, 0) is 66.4 Å². The Bertz CT molecular complexity index is 1350. The first kappa shape index (κ1) is 22.7. The topological polar surface area (TPSA) is 79.0 Å². The Hall–Kier alpha value is -3.45. The Morgan fingerprint density at radius 2 is 1.61 bits per heavy atom. The van der Waals surface area contributed by atoms with Crippen molar-refractivity contribution in [2.75, 3.05) is 12.3 Å². The van der Waals surface area contributed by atoms with Gasteiger partial charge < -0.3 is 10.3 Å². The normalized spacial score (nSPS) is 11.5. The second-order valence-electron chi connectivity index (χ2n) is 7.87. The smallest absolute Gasteiger partial charge is 0.220 e. The van der Waals surface area contributed by atoms with Gasteiger partial charge in [0.25, 0.3) is 0 Å². The Kier molecular flexibility index (Phi) is 6.89. The molecule has 170 valence electrons. The van der Waals surface area contributed by atoms with Crippen LogP contribution in [0.3, 0.4) is 0 Å². The summed E-state index contributed by atoms with van der Waals surface area (Å²) in [5, 5.41) is 3.85. The summed E-state index contributed by atoms with van der Waals surface area (Å²) >= 11 is 0. The van der Waals surface area contributed by atoms with Crippen LogP contribution in [-0.2, 0) is 21.1 Å². The van der Waals surface area contributed by atoms with Gasteiger partial charge in [0.2, 0.25) is 5.91 Å². The number of rotatable bonds is 9. The quantitative estimate of drug-likeness (QED) is 0.346. The lowest BCUT2D eigenvalue weighted by Crippen LogP contribution is -2.26. The molecule has 1 heterocycles. The highest BCUT2D eigenvalue weighted by Crippen LogP contribution is 2.31. The van der Waals surface area contributed by atoms with E-state index in [9.17, 15) is 17.6 Å². The van der Waals surface area contributed by atoms with Gasteiger partial charge >= 0.3 is 0 Å².